The third kappa shape index (κ3) is 22.7. The molecule has 0 radical (unpaired) electrons. The molecule has 0 aromatic heterocycles. The maximum Gasteiger partial charge on any atom is 0.0000919 e. The molecule has 1 heteroatoms. The van der Waals surface area contributed by atoms with Crippen molar-refractivity contribution in [3.8, 4) is 0 Å². The second-order valence-corrected chi connectivity index (χ2v) is 3.51. The normalized spacial score (nSPS) is 10.9. The van der Waals surface area contributed by atoms with Gasteiger partial charge in [-0.3, -0.25) is 0 Å². The smallest absolute Gasteiger partial charge is 0.0000919 e. The standard InChI is InChI=1S/C9H21N.2C2H6/c1-5-6-7-9(2)8-10(3)4;2*1-2/h9H,5-8H2,1-4H3;2*1-2H3. The molecule has 90 valence electrons. The third-order valence-electron chi connectivity index (χ3n) is 1.73. The fourth-order valence-corrected chi connectivity index (χ4v) is 1.27. The summed E-state index contributed by atoms with van der Waals surface area (Å²) in [7, 11) is 4.28. The molecule has 0 spiro atoms. The van der Waals surface area contributed by atoms with Crippen molar-refractivity contribution in [2.45, 2.75) is 60.8 Å². The van der Waals surface area contributed by atoms with Crippen molar-refractivity contribution < 1.29 is 0 Å². The molecular weight excluding hydrogens is 170 g/mol. The Morgan fingerprint density at radius 2 is 1.43 bits per heavy atom. The predicted octanol–water partition coefficient (Wildman–Crippen LogP) is 4.43. The largest absolute Gasteiger partial charge is 0.309 e. The molecule has 14 heavy (non-hydrogen) atoms. The van der Waals surface area contributed by atoms with Gasteiger partial charge in [0.15, 0.2) is 0 Å². The highest BCUT2D eigenvalue weighted by atomic mass is 15.1. The number of rotatable bonds is 5. The zero-order valence-electron chi connectivity index (χ0n) is 11.9. The Balaban J connectivity index is -0.000000266. The quantitative estimate of drug-likeness (QED) is 0.639. The van der Waals surface area contributed by atoms with Crippen LogP contribution in [0.15, 0.2) is 0 Å². The molecule has 0 aromatic carbocycles. The molecule has 0 fully saturated rings. The lowest BCUT2D eigenvalue weighted by Gasteiger charge is -2.15. The first-order valence-corrected chi connectivity index (χ1v) is 6.31. The zero-order chi connectivity index (χ0) is 12.0. The van der Waals surface area contributed by atoms with Gasteiger partial charge in [-0.1, -0.05) is 54.4 Å². The Kier molecular flexibility index (Phi) is 26.1. The van der Waals surface area contributed by atoms with Gasteiger partial charge in [-0.25, -0.2) is 0 Å². The van der Waals surface area contributed by atoms with Crippen LogP contribution in [0.25, 0.3) is 0 Å². The summed E-state index contributed by atoms with van der Waals surface area (Å²) in [5.74, 6) is 0.870. The Morgan fingerprint density at radius 1 is 1.00 bits per heavy atom. The third-order valence-corrected chi connectivity index (χ3v) is 1.73. The summed E-state index contributed by atoms with van der Waals surface area (Å²) in [5, 5.41) is 0. The topological polar surface area (TPSA) is 3.24 Å². The van der Waals surface area contributed by atoms with Crippen LogP contribution in [0.1, 0.15) is 60.8 Å². The number of hydrogen-bond donors (Lipinski definition) is 0. The Labute approximate surface area is 92.9 Å². The molecule has 0 aliphatic rings. The molecule has 0 saturated carbocycles. The summed E-state index contributed by atoms with van der Waals surface area (Å²) >= 11 is 0. The lowest BCUT2D eigenvalue weighted by atomic mass is 10.0. The second-order valence-electron chi connectivity index (χ2n) is 3.51. The van der Waals surface area contributed by atoms with Gasteiger partial charge < -0.3 is 4.90 Å². The van der Waals surface area contributed by atoms with Gasteiger partial charge in [-0.05, 0) is 26.4 Å². The molecule has 0 heterocycles. The highest BCUT2D eigenvalue weighted by molar-refractivity contribution is 4.55. The lowest BCUT2D eigenvalue weighted by molar-refractivity contribution is 0.323. The summed E-state index contributed by atoms with van der Waals surface area (Å²) in [5.41, 5.74) is 0. The molecular formula is C13H33N. The number of unbranched alkanes of at least 4 members (excludes halogenated alkanes) is 1. The zero-order valence-corrected chi connectivity index (χ0v) is 11.9. The van der Waals surface area contributed by atoms with E-state index in [1.165, 1.54) is 25.8 Å². The molecule has 0 aliphatic carbocycles. The summed E-state index contributed by atoms with van der Waals surface area (Å²) in [6.45, 7) is 13.8. The molecule has 1 atom stereocenters. The summed E-state index contributed by atoms with van der Waals surface area (Å²) in [6, 6.07) is 0. The van der Waals surface area contributed by atoms with Crippen molar-refractivity contribution in [1.82, 2.24) is 4.90 Å². The first-order chi connectivity index (χ1) is 6.66. The number of hydrogen-bond acceptors (Lipinski definition) is 1. The van der Waals surface area contributed by atoms with E-state index in [1.54, 1.807) is 0 Å². The molecule has 1 nitrogen and oxygen atoms in total. The van der Waals surface area contributed by atoms with E-state index in [2.05, 4.69) is 32.8 Å². The molecule has 0 amide bonds. The average Bonchev–Trinajstić information content (AvgIpc) is 2.20. The van der Waals surface area contributed by atoms with Crippen molar-refractivity contribution in [3.63, 3.8) is 0 Å². The van der Waals surface area contributed by atoms with Crippen molar-refractivity contribution in [1.29, 1.82) is 0 Å². The van der Waals surface area contributed by atoms with E-state index in [0.29, 0.717) is 0 Å². The number of nitrogens with zero attached hydrogens (tertiary/aromatic N) is 1. The minimum absolute atomic E-state index is 0.870. The minimum atomic E-state index is 0.870. The van der Waals surface area contributed by atoms with Gasteiger partial charge >= 0.3 is 0 Å². The fourth-order valence-electron chi connectivity index (χ4n) is 1.27. The van der Waals surface area contributed by atoms with E-state index in [0.717, 1.165) is 5.92 Å². The van der Waals surface area contributed by atoms with Crippen LogP contribution in [0.3, 0.4) is 0 Å². The fraction of sp³-hybridized carbons (Fsp3) is 1.00. The van der Waals surface area contributed by atoms with Crippen LogP contribution in [-0.4, -0.2) is 25.5 Å². The monoisotopic (exact) mass is 203 g/mol. The highest BCUT2D eigenvalue weighted by Gasteiger charge is 2.01. The van der Waals surface area contributed by atoms with E-state index >= 15 is 0 Å². The van der Waals surface area contributed by atoms with Crippen LogP contribution in [0.4, 0.5) is 0 Å². The van der Waals surface area contributed by atoms with E-state index < -0.39 is 0 Å². The van der Waals surface area contributed by atoms with Gasteiger partial charge in [-0.2, -0.15) is 0 Å². The first-order valence-electron chi connectivity index (χ1n) is 6.31. The van der Waals surface area contributed by atoms with Crippen LogP contribution in [0.5, 0.6) is 0 Å². The van der Waals surface area contributed by atoms with Gasteiger partial charge in [0.1, 0.15) is 0 Å². The van der Waals surface area contributed by atoms with Crippen molar-refractivity contribution in [2.75, 3.05) is 20.6 Å². The molecule has 1 unspecified atom stereocenters. The maximum absolute atomic E-state index is 2.33. The van der Waals surface area contributed by atoms with Crippen molar-refractivity contribution >= 4 is 0 Å². The van der Waals surface area contributed by atoms with E-state index in [-0.39, 0.29) is 0 Å². The van der Waals surface area contributed by atoms with Gasteiger partial charge in [0.25, 0.3) is 0 Å². The highest BCUT2D eigenvalue weighted by Crippen LogP contribution is 2.07. The van der Waals surface area contributed by atoms with Gasteiger partial charge in [0.05, 0.1) is 0 Å². The molecule has 0 N–H and O–H groups in total. The Morgan fingerprint density at radius 3 is 1.71 bits per heavy atom. The summed E-state index contributed by atoms with van der Waals surface area (Å²) in [6.07, 6.45) is 4.10. The average molecular weight is 203 g/mol. The molecule has 0 rings (SSSR count). The summed E-state index contributed by atoms with van der Waals surface area (Å²) < 4.78 is 0. The van der Waals surface area contributed by atoms with Crippen molar-refractivity contribution in [3.05, 3.63) is 0 Å². The van der Waals surface area contributed by atoms with Crippen LogP contribution >= 0.6 is 0 Å². The van der Waals surface area contributed by atoms with E-state index in [9.17, 15) is 0 Å². The Bertz CT molecular complexity index is 69.6. The molecule has 0 aliphatic heterocycles. The van der Waals surface area contributed by atoms with Crippen LogP contribution in [-0.2, 0) is 0 Å². The van der Waals surface area contributed by atoms with Gasteiger partial charge in [0.2, 0.25) is 0 Å². The van der Waals surface area contributed by atoms with E-state index in [1.807, 2.05) is 27.7 Å². The minimum Gasteiger partial charge on any atom is -0.309 e. The molecule has 0 aromatic rings. The van der Waals surface area contributed by atoms with Crippen molar-refractivity contribution in [2.24, 2.45) is 5.92 Å². The SMILES string of the molecule is CC.CC.CCCCC(C)CN(C)C. The summed E-state index contributed by atoms with van der Waals surface area (Å²) in [4.78, 5) is 2.26. The predicted molar refractivity (Wildman–Crippen MR) is 69.9 cm³/mol. The molecule has 0 saturated heterocycles. The lowest BCUT2D eigenvalue weighted by Crippen LogP contribution is -2.19. The second kappa shape index (κ2) is 18.7. The molecule has 0 bridgehead atoms. The van der Waals surface area contributed by atoms with Crippen LogP contribution < -0.4 is 0 Å². The van der Waals surface area contributed by atoms with Crippen LogP contribution in [0, 0.1) is 5.92 Å². The maximum atomic E-state index is 2.33. The first kappa shape index (κ1) is 19.5. The van der Waals surface area contributed by atoms with E-state index in [4.69, 9.17) is 0 Å². The van der Waals surface area contributed by atoms with Gasteiger partial charge in [-0.15, -0.1) is 0 Å². The Hall–Kier alpha value is -0.0400. The van der Waals surface area contributed by atoms with Crippen LogP contribution in [0.2, 0.25) is 0 Å². The van der Waals surface area contributed by atoms with Gasteiger partial charge in [0, 0.05) is 6.54 Å².